The SMILES string of the molecule is Cc1cc2cc(C#N)c(SCC(=O)NC[C@H]3CCCO3)nc2cc1C. The van der Waals surface area contributed by atoms with E-state index in [4.69, 9.17) is 4.74 Å². The fourth-order valence-corrected chi connectivity index (χ4v) is 3.62. The van der Waals surface area contributed by atoms with E-state index in [9.17, 15) is 10.1 Å². The van der Waals surface area contributed by atoms with Gasteiger partial charge in [-0.05, 0) is 56.0 Å². The van der Waals surface area contributed by atoms with Crippen LogP contribution in [0.25, 0.3) is 10.9 Å². The zero-order valence-electron chi connectivity index (χ0n) is 14.5. The highest BCUT2D eigenvalue weighted by atomic mass is 32.2. The molecule has 3 rings (SSSR count). The Hall–Kier alpha value is -2.10. The van der Waals surface area contributed by atoms with Gasteiger partial charge in [-0.2, -0.15) is 5.26 Å². The van der Waals surface area contributed by atoms with Crippen molar-refractivity contribution in [3.05, 3.63) is 34.9 Å². The Labute approximate surface area is 151 Å². The number of nitriles is 1. The average molecular weight is 355 g/mol. The Morgan fingerprint density at radius 1 is 1.40 bits per heavy atom. The fraction of sp³-hybridized carbons (Fsp3) is 0.421. The molecule has 1 aromatic carbocycles. The first-order chi connectivity index (χ1) is 12.1. The molecule has 1 fully saturated rings. The van der Waals surface area contributed by atoms with Crippen LogP contribution in [0.4, 0.5) is 0 Å². The lowest BCUT2D eigenvalue weighted by Gasteiger charge is -2.11. The zero-order valence-corrected chi connectivity index (χ0v) is 15.3. The molecule has 1 aliphatic heterocycles. The summed E-state index contributed by atoms with van der Waals surface area (Å²) in [4.78, 5) is 16.6. The van der Waals surface area contributed by atoms with Crippen molar-refractivity contribution in [1.29, 1.82) is 5.26 Å². The largest absolute Gasteiger partial charge is 0.376 e. The molecule has 0 aliphatic carbocycles. The molecule has 6 heteroatoms. The quantitative estimate of drug-likeness (QED) is 0.834. The third-order valence-electron chi connectivity index (χ3n) is 4.41. The van der Waals surface area contributed by atoms with Crippen LogP contribution in [0.5, 0.6) is 0 Å². The van der Waals surface area contributed by atoms with Crippen LogP contribution < -0.4 is 5.32 Å². The van der Waals surface area contributed by atoms with Crippen molar-refractivity contribution in [2.45, 2.75) is 37.8 Å². The number of carbonyl (C=O) groups excluding carboxylic acids is 1. The Bertz CT molecular complexity index is 839. The van der Waals surface area contributed by atoms with Gasteiger partial charge in [0.25, 0.3) is 0 Å². The molecule has 0 unspecified atom stereocenters. The Kier molecular flexibility index (Phi) is 5.57. The molecule has 0 radical (unpaired) electrons. The van der Waals surface area contributed by atoms with Crippen LogP contribution in [0, 0.1) is 25.2 Å². The zero-order chi connectivity index (χ0) is 17.8. The summed E-state index contributed by atoms with van der Waals surface area (Å²) in [6, 6.07) is 8.10. The minimum absolute atomic E-state index is 0.0635. The first kappa shape index (κ1) is 17.7. The van der Waals surface area contributed by atoms with Crippen LogP contribution in [-0.4, -0.2) is 35.9 Å². The fourth-order valence-electron chi connectivity index (χ4n) is 2.83. The summed E-state index contributed by atoms with van der Waals surface area (Å²) >= 11 is 1.30. The summed E-state index contributed by atoms with van der Waals surface area (Å²) in [6.45, 7) is 5.41. The Morgan fingerprint density at radius 2 is 2.20 bits per heavy atom. The summed E-state index contributed by atoms with van der Waals surface area (Å²) in [5.74, 6) is 0.177. The highest BCUT2D eigenvalue weighted by Gasteiger charge is 2.17. The lowest BCUT2D eigenvalue weighted by molar-refractivity contribution is -0.119. The maximum atomic E-state index is 12.0. The van der Waals surface area contributed by atoms with Crippen molar-refractivity contribution in [2.75, 3.05) is 18.9 Å². The van der Waals surface area contributed by atoms with Gasteiger partial charge in [0.05, 0.1) is 22.9 Å². The second-order valence-electron chi connectivity index (χ2n) is 6.31. The van der Waals surface area contributed by atoms with Gasteiger partial charge in [0, 0.05) is 18.5 Å². The van der Waals surface area contributed by atoms with Crippen LogP contribution in [0.2, 0.25) is 0 Å². The molecule has 2 aromatic rings. The molecule has 1 aromatic heterocycles. The van der Waals surface area contributed by atoms with E-state index in [1.807, 2.05) is 32.0 Å². The number of rotatable bonds is 5. The van der Waals surface area contributed by atoms with Crippen molar-refractivity contribution in [3.63, 3.8) is 0 Å². The maximum Gasteiger partial charge on any atom is 0.230 e. The van der Waals surface area contributed by atoms with E-state index in [1.165, 1.54) is 17.3 Å². The molecular formula is C19H21N3O2S. The highest BCUT2D eigenvalue weighted by Crippen LogP contribution is 2.26. The predicted octanol–water partition coefficient (Wildman–Crippen LogP) is 3.11. The number of aryl methyl sites for hydroxylation is 2. The third kappa shape index (κ3) is 4.30. The number of nitrogens with one attached hydrogen (secondary N) is 1. The van der Waals surface area contributed by atoms with E-state index in [0.29, 0.717) is 17.1 Å². The van der Waals surface area contributed by atoms with Gasteiger partial charge in [-0.15, -0.1) is 0 Å². The standard InChI is InChI=1S/C19H21N3O2S/c1-12-6-14-8-15(9-20)19(22-17(14)7-13(12)2)25-11-18(23)21-10-16-4-3-5-24-16/h6-8,16H,3-5,10-11H2,1-2H3,(H,21,23)/t16-/m1/s1. The Balaban J connectivity index is 1.68. The lowest BCUT2D eigenvalue weighted by atomic mass is 10.1. The van der Waals surface area contributed by atoms with E-state index >= 15 is 0 Å². The molecule has 0 spiro atoms. The first-order valence-corrected chi connectivity index (χ1v) is 9.38. The molecule has 1 saturated heterocycles. The number of benzene rings is 1. The van der Waals surface area contributed by atoms with Crippen LogP contribution in [0.1, 0.15) is 29.5 Å². The van der Waals surface area contributed by atoms with Crippen LogP contribution in [-0.2, 0) is 9.53 Å². The normalized spacial score (nSPS) is 16.8. The van der Waals surface area contributed by atoms with Crippen molar-refractivity contribution >= 4 is 28.6 Å². The molecule has 0 bridgehead atoms. The van der Waals surface area contributed by atoms with Gasteiger partial charge < -0.3 is 10.1 Å². The number of fused-ring (bicyclic) bond motifs is 1. The van der Waals surface area contributed by atoms with E-state index in [-0.39, 0.29) is 17.8 Å². The molecule has 1 aliphatic rings. The summed E-state index contributed by atoms with van der Waals surface area (Å²) in [5.41, 5.74) is 3.69. The number of amides is 1. The molecule has 2 heterocycles. The first-order valence-electron chi connectivity index (χ1n) is 8.40. The lowest BCUT2D eigenvalue weighted by Crippen LogP contribution is -2.32. The number of hydrogen-bond acceptors (Lipinski definition) is 5. The summed E-state index contributed by atoms with van der Waals surface area (Å²) in [6.07, 6.45) is 2.19. The van der Waals surface area contributed by atoms with Crippen LogP contribution in [0.15, 0.2) is 23.2 Å². The summed E-state index contributed by atoms with van der Waals surface area (Å²) < 4.78 is 5.49. The molecular weight excluding hydrogens is 334 g/mol. The van der Waals surface area contributed by atoms with Crippen molar-refractivity contribution < 1.29 is 9.53 Å². The summed E-state index contributed by atoms with van der Waals surface area (Å²) in [7, 11) is 0. The molecule has 1 amide bonds. The molecule has 130 valence electrons. The van der Waals surface area contributed by atoms with Crippen molar-refractivity contribution in [2.24, 2.45) is 0 Å². The molecule has 1 atom stereocenters. The number of pyridine rings is 1. The number of ether oxygens (including phenoxy) is 1. The number of nitrogens with zero attached hydrogens (tertiary/aromatic N) is 2. The minimum atomic E-state index is -0.0635. The number of carbonyl (C=O) groups is 1. The van der Waals surface area contributed by atoms with Gasteiger partial charge >= 0.3 is 0 Å². The van der Waals surface area contributed by atoms with Crippen molar-refractivity contribution in [3.8, 4) is 6.07 Å². The molecule has 25 heavy (non-hydrogen) atoms. The van der Waals surface area contributed by atoms with E-state index in [2.05, 4.69) is 16.4 Å². The van der Waals surface area contributed by atoms with E-state index < -0.39 is 0 Å². The van der Waals surface area contributed by atoms with Crippen LogP contribution in [0.3, 0.4) is 0 Å². The predicted molar refractivity (Wildman–Crippen MR) is 98.6 cm³/mol. The van der Waals surface area contributed by atoms with Gasteiger partial charge in [-0.3, -0.25) is 4.79 Å². The molecule has 1 N–H and O–H groups in total. The van der Waals surface area contributed by atoms with Crippen LogP contribution >= 0.6 is 11.8 Å². The minimum Gasteiger partial charge on any atom is -0.376 e. The summed E-state index contributed by atoms with van der Waals surface area (Å²) in [5, 5.41) is 13.8. The van der Waals surface area contributed by atoms with Gasteiger partial charge in [-0.25, -0.2) is 4.98 Å². The van der Waals surface area contributed by atoms with Gasteiger partial charge in [-0.1, -0.05) is 11.8 Å². The van der Waals surface area contributed by atoms with Gasteiger partial charge in [0.1, 0.15) is 11.1 Å². The Morgan fingerprint density at radius 3 is 2.92 bits per heavy atom. The second kappa shape index (κ2) is 7.85. The number of hydrogen-bond donors (Lipinski definition) is 1. The van der Waals surface area contributed by atoms with E-state index in [0.717, 1.165) is 35.9 Å². The smallest absolute Gasteiger partial charge is 0.230 e. The molecule has 5 nitrogen and oxygen atoms in total. The average Bonchev–Trinajstić information content (AvgIpc) is 3.12. The van der Waals surface area contributed by atoms with Crippen molar-refractivity contribution in [1.82, 2.24) is 10.3 Å². The monoisotopic (exact) mass is 355 g/mol. The maximum absolute atomic E-state index is 12.0. The topological polar surface area (TPSA) is 75.0 Å². The number of thioether (sulfide) groups is 1. The van der Waals surface area contributed by atoms with E-state index in [1.54, 1.807) is 0 Å². The highest BCUT2D eigenvalue weighted by molar-refractivity contribution is 8.00. The second-order valence-corrected chi connectivity index (χ2v) is 7.27. The number of aromatic nitrogens is 1. The van der Waals surface area contributed by atoms with Gasteiger partial charge in [0.2, 0.25) is 5.91 Å². The third-order valence-corrected chi connectivity index (χ3v) is 5.40. The molecule has 0 saturated carbocycles. The van der Waals surface area contributed by atoms with Gasteiger partial charge in [0.15, 0.2) is 0 Å².